The van der Waals surface area contributed by atoms with E-state index in [1.165, 1.54) is 0 Å². The molecule has 0 unspecified atom stereocenters. The van der Waals surface area contributed by atoms with Crippen molar-refractivity contribution in [1.82, 2.24) is 14.5 Å². The standard InChI is InChI=1S/C21H30N4O2/c1-16-13-19(18(3)25(16)17(2)15-27-4)20(26)14-23-9-11-24(12-10-23)21-7-5-6-8-22-21/h5-8,13,17H,9-12,14-15H2,1-4H3/t17-/m0/s1. The van der Waals surface area contributed by atoms with Gasteiger partial charge in [0, 0.05) is 56.4 Å². The van der Waals surface area contributed by atoms with Crippen molar-refractivity contribution in [2.75, 3.05) is 51.3 Å². The number of rotatable bonds is 7. The molecule has 1 saturated heterocycles. The number of aryl methyl sites for hydroxylation is 1. The Bertz CT molecular complexity index is 764. The number of ether oxygens (including phenoxy) is 1. The van der Waals surface area contributed by atoms with Crippen LogP contribution >= 0.6 is 0 Å². The summed E-state index contributed by atoms with van der Waals surface area (Å²) in [6.45, 7) is 10.9. The highest BCUT2D eigenvalue weighted by molar-refractivity contribution is 5.99. The van der Waals surface area contributed by atoms with Gasteiger partial charge in [-0.25, -0.2) is 4.98 Å². The number of anilines is 1. The molecular weight excluding hydrogens is 340 g/mol. The molecule has 0 N–H and O–H groups in total. The minimum atomic E-state index is 0.199. The summed E-state index contributed by atoms with van der Waals surface area (Å²) in [6.07, 6.45) is 1.82. The quantitative estimate of drug-likeness (QED) is 0.702. The van der Waals surface area contributed by atoms with Gasteiger partial charge in [0.05, 0.1) is 19.2 Å². The number of hydrogen-bond donors (Lipinski definition) is 0. The third-order valence-electron chi connectivity index (χ3n) is 5.35. The fraction of sp³-hybridized carbons (Fsp3) is 0.524. The monoisotopic (exact) mass is 370 g/mol. The van der Waals surface area contributed by atoms with E-state index in [2.05, 4.69) is 33.2 Å². The van der Waals surface area contributed by atoms with Gasteiger partial charge in [-0.2, -0.15) is 0 Å². The number of carbonyl (C=O) groups is 1. The first-order valence-corrected chi connectivity index (χ1v) is 9.60. The summed E-state index contributed by atoms with van der Waals surface area (Å²) in [5, 5.41) is 0. The molecule has 0 bridgehead atoms. The first-order valence-electron chi connectivity index (χ1n) is 9.60. The molecule has 0 spiro atoms. The van der Waals surface area contributed by atoms with Crippen molar-refractivity contribution in [3.8, 4) is 0 Å². The number of ketones is 1. The van der Waals surface area contributed by atoms with Gasteiger partial charge < -0.3 is 14.2 Å². The molecule has 2 aromatic rings. The van der Waals surface area contributed by atoms with Crippen molar-refractivity contribution in [2.24, 2.45) is 0 Å². The van der Waals surface area contributed by atoms with Gasteiger partial charge in [0.1, 0.15) is 5.82 Å². The van der Waals surface area contributed by atoms with Crippen LogP contribution in [0.15, 0.2) is 30.5 Å². The average Bonchev–Trinajstić information content (AvgIpc) is 2.97. The largest absolute Gasteiger partial charge is 0.383 e. The minimum Gasteiger partial charge on any atom is -0.383 e. The van der Waals surface area contributed by atoms with E-state index >= 15 is 0 Å². The van der Waals surface area contributed by atoms with Gasteiger partial charge in [0.15, 0.2) is 5.78 Å². The second kappa shape index (κ2) is 8.67. The lowest BCUT2D eigenvalue weighted by atomic mass is 10.1. The fourth-order valence-electron chi connectivity index (χ4n) is 4.02. The zero-order chi connectivity index (χ0) is 19.4. The zero-order valence-corrected chi connectivity index (χ0v) is 16.8. The molecule has 0 saturated carbocycles. The van der Waals surface area contributed by atoms with Crippen LogP contribution in [0.5, 0.6) is 0 Å². The summed E-state index contributed by atoms with van der Waals surface area (Å²) < 4.78 is 7.49. The molecule has 1 aliphatic rings. The Kier molecular flexibility index (Phi) is 6.29. The van der Waals surface area contributed by atoms with E-state index < -0.39 is 0 Å². The summed E-state index contributed by atoms with van der Waals surface area (Å²) in [6, 6.07) is 8.23. The average molecular weight is 370 g/mol. The van der Waals surface area contributed by atoms with Crippen molar-refractivity contribution >= 4 is 11.6 Å². The van der Waals surface area contributed by atoms with Gasteiger partial charge in [-0.3, -0.25) is 9.69 Å². The molecule has 1 fully saturated rings. The van der Waals surface area contributed by atoms with Gasteiger partial charge in [-0.05, 0) is 39.0 Å². The molecule has 1 atom stereocenters. The topological polar surface area (TPSA) is 50.6 Å². The van der Waals surface area contributed by atoms with Crippen LogP contribution in [0.3, 0.4) is 0 Å². The third kappa shape index (κ3) is 4.39. The van der Waals surface area contributed by atoms with Crippen LogP contribution in [0.2, 0.25) is 0 Å². The summed E-state index contributed by atoms with van der Waals surface area (Å²) >= 11 is 0. The second-order valence-corrected chi connectivity index (χ2v) is 7.33. The number of hydrogen-bond acceptors (Lipinski definition) is 5. The summed E-state index contributed by atoms with van der Waals surface area (Å²) in [5.41, 5.74) is 2.98. The SMILES string of the molecule is COC[C@H](C)n1c(C)cc(C(=O)CN2CCN(c3ccccn3)CC2)c1C. The molecule has 3 heterocycles. The van der Waals surface area contributed by atoms with E-state index in [0.29, 0.717) is 13.2 Å². The zero-order valence-electron chi connectivity index (χ0n) is 16.8. The lowest BCUT2D eigenvalue weighted by Gasteiger charge is -2.35. The predicted molar refractivity (Wildman–Crippen MR) is 108 cm³/mol. The molecule has 0 aliphatic carbocycles. The smallest absolute Gasteiger partial charge is 0.178 e. The summed E-state index contributed by atoms with van der Waals surface area (Å²) in [5.74, 6) is 1.21. The maximum atomic E-state index is 12.9. The van der Waals surface area contributed by atoms with Crippen LogP contribution in [0.4, 0.5) is 5.82 Å². The molecular formula is C21H30N4O2. The molecule has 3 rings (SSSR count). The van der Waals surface area contributed by atoms with Crippen molar-refractivity contribution < 1.29 is 9.53 Å². The van der Waals surface area contributed by atoms with Crippen LogP contribution in [0.1, 0.15) is 34.7 Å². The molecule has 146 valence electrons. The lowest BCUT2D eigenvalue weighted by Crippen LogP contribution is -2.48. The van der Waals surface area contributed by atoms with E-state index in [1.54, 1.807) is 7.11 Å². The van der Waals surface area contributed by atoms with E-state index in [0.717, 1.165) is 48.9 Å². The Morgan fingerprint density at radius 3 is 2.59 bits per heavy atom. The van der Waals surface area contributed by atoms with Gasteiger partial charge in [-0.15, -0.1) is 0 Å². The van der Waals surface area contributed by atoms with Crippen LogP contribution in [-0.4, -0.2) is 66.7 Å². The maximum absolute atomic E-state index is 12.9. The first-order chi connectivity index (χ1) is 13.0. The minimum absolute atomic E-state index is 0.199. The number of Topliss-reactive ketones (excluding diaryl/α,β-unsaturated/α-hetero) is 1. The maximum Gasteiger partial charge on any atom is 0.178 e. The fourth-order valence-corrected chi connectivity index (χ4v) is 4.02. The van der Waals surface area contributed by atoms with Crippen molar-refractivity contribution in [3.05, 3.63) is 47.4 Å². The van der Waals surface area contributed by atoms with Crippen LogP contribution in [-0.2, 0) is 4.74 Å². The van der Waals surface area contributed by atoms with Crippen LogP contribution < -0.4 is 4.90 Å². The van der Waals surface area contributed by atoms with Gasteiger partial charge in [0.2, 0.25) is 0 Å². The Morgan fingerprint density at radius 1 is 1.22 bits per heavy atom. The van der Waals surface area contributed by atoms with Crippen molar-refractivity contribution in [1.29, 1.82) is 0 Å². The molecule has 0 radical (unpaired) electrons. The highest BCUT2D eigenvalue weighted by atomic mass is 16.5. The molecule has 2 aromatic heterocycles. The molecule has 1 aliphatic heterocycles. The van der Waals surface area contributed by atoms with Gasteiger partial charge in [0.25, 0.3) is 0 Å². The number of pyridine rings is 1. The summed E-state index contributed by atoms with van der Waals surface area (Å²) in [4.78, 5) is 21.9. The highest BCUT2D eigenvalue weighted by Crippen LogP contribution is 2.22. The van der Waals surface area contributed by atoms with Crippen LogP contribution in [0, 0.1) is 13.8 Å². The Hall–Kier alpha value is -2.18. The number of aromatic nitrogens is 2. The number of nitrogens with zero attached hydrogens (tertiary/aromatic N) is 4. The van der Waals surface area contributed by atoms with Gasteiger partial charge >= 0.3 is 0 Å². The second-order valence-electron chi connectivity index (χ2n) is 7.33. The lowest BCUT2D eigenvalue weighted by molar-refractivity contribution is 0.0925. The normalized spacial score (nSPS) is 16.5. The predicted octanol–water partition coefficient (Wildman–Crippen LogP) is 2.71. The third-order valence-corrected chi connectivity index (χ3v) is 5.35. The molecule has 6 heteroatoms. The Labute approximate surface area is 161 Å². The molecule has 0 amide bonds. The van der Waals surface area contributed by atoms with Crippen molar-refractivity contribution in [2.45, 2.75) is 26.8 Å². The Balaban J connectivity index is 1.61. The molecule has 6 nitrogen and oxygen atoms in total. The van der Waals surface area contributed by atoms with Crippen LogP contribution in [0.25, 0.3) is 0 Å². The molecule has 27 heavy (non-hydrogen) atoms. The summed E-state index contributed by atoms with van der Waals surface area (Å²) in [7, 11) is 1.71. The molecule has 0 aromatic carbocycles. The van der Waals surface area contributed by atoms with E-state index in [-0.39, 0.29) is 11.8 Å². The van der Waals surface area contributed by atoms with Gasteiger partial charge in [-0.1, -0.05) is 6.07 Å². The first kappa shape index (κ1) is 19.6. The van der Waals surface area contributed by atoms with Crippen molar-refractivity contribution in [3.63, 3.8) is 0 Å². The highest BCUT2D eigenvalue weighted by Gasteiger charge is 2.23. The van der Waals surface area contributed by atoms with E-state index in [4.69, 9.17) is 4.74 Å². The van der Waals surface area contributed by atoms with E-state index in [1.807, 2.05) is 37.4 Å². The number of carbonyl (C=O) groups excluding carboxylic acids is 1. The number of methoxy groups -OCH3 is 1. The Morgan fingerprint density at radius 2 is 1.96 bits per heavy atom. The van der Waals surface area contributed by atoms with E-state index in [9.17, 15) is 4.79 Å². The number of piperazine rings is 1.